The predicted octanol–water partition coefficient (Wildman–Crippen LogP) is 2.71. The van der Waals surface area contributed by atoms with Crippen molar-refractivity contribution in [3.05, 3.63) is 65.7 Å². The van der Waals surface area contributed by atoms with E-state index in [9.17, 15) is 0 Å². The first-order chi connectivity index (χ1) is 10.3. The van der Waals surface area contributed by atoms with E-state index in [1.807, 2.05) is 30.3 Å². The van der Waals surface area contributed by atoms with Gasteiger partial charge in [-0.3, -0.25) is 4.99 Å². The highest BCUT2D eigenvalue weighted by molar-refractivity contribution is 5.97. The van der Waals surface area contributed by atoms with Crippen molar-refractivity contribution >= 4 is 11.6 Å². The summed E-state index contributed by atoms with van der Waals surface area (Å²) >= 11 is 0. The molecule has 0 saturated carbocycles. The molecule has 1 aliphatic heterocycles. The van der Waals surface area contributed by atoms with Gasteiger partial charge >= 0.3 is 0 Å². The number of benzene rings is 2. The highest BCUT2D eigenvalue weighted by Gasteiger charge is 2.30. The van der Waals surface area contributed by atoms with Crippen LogP contribution >= 0.6 is 0 Å². The monoisotopic (exact) mass is 281 g/mol. The SMILES string of the molecule is COCc1ccccc1C1CN=C(N)N1c1ccccc1. The molecule has 0 radical (unpaired) electrons. The highest BCUT2D eigenvalue weighted by Crippen LogP contribution is 2.32. The zero-order valence-corrected chi connectivity index (χ0v) is 12.1. The molecule has 0 aliphatic carbocycles. The van der Waals surface area contributed by atoms with Gasteiger partial charge in [-0.25, -0.2) is 0 Å². The minimum Gasteiger partial charge on any atom is -0.380 e. The number of ether oxygens (including phenoxy) is 1. The first-order valence-electron chi connectivity index (χ1n) is 7.02. The molecule has 2 aromatic carbocycles. The summed E-state index contributed by atoms with van der Waals surface area (Å²) < 4.78 is 5.31. The lowest BCUT2D eigenvalue weighted by atomic mass is 9.99. The topological polar surface area (TPSA) is 50.9 Å². The fourth-order valence-electron chi connectivity index (χ4n) is 2.78. The number of nitrogens with zero attached hydrogens (tertiary/aromatic N) is 2. The van der Waals surface area contributed by atoms with E-state index in [0.29, 0.717) is 19.1 Å². The van der Waals surface area contributed by atoms with Crippen LogP contribution < -0.4 is 10.6 Å². The maximum atomic E-state index is 6.11. The highest BCUT2D eigenvalue weighted by atomic mass is 16.5. The van der Waals surface area contributed by atoms with Gasteiger partial charge in [-0.05, 0) is 23.3 Å². The van der Waals surface area contributed by atoms with E-state index < -0.39 is 0 Å². The summed E-state index contributed by atoms with van der Waals surface area (Å²) in [6.07, 6.45) is 0. The van der Waals surface area contributed by atoms with E-state index in [1.54, 1.807) is 7.11 Å². The second kappa shape index (κ2) is 5.97. The molecule has 108 valence electrons. The second-order valence-electron chi connectivity index (χ2n) is 5.05. The van der Waals surface area contributed by atoms with E-state index in [4.69, 9.17) is 10.5 Å². The third-order valence-electron chi connectivity index (χ3n) is 3.73. The van der Waals surface area contributed by atoms with Gasteiger partial charge in [0.15, 0.2) is 5.96 Å². The average Bonchev–Trinajstić information content (AvgIpc) is 2.91. The molecule has 21 heavy (non-hydrogen) atoms. The Kier molecular flexibility index (Phi) is 3.88. The van der Waals surface area contributed by atoms with Crippen LogP contribution in [0.1, 0.15) is 17.2 Å². The van der Waals surface area contributed by atoms with Crippen molar-refractivity contribution in [2.75, 3.05) is 18.6 Å². The molecule has 0 aromatic heterocycles. The van der Waals surface area contributed by atoms with Gasteiger partial charge in [0, 0.05) is 12.8 Å². The molecule has 3 rings (SSSR count). The van der Waals surface area contributed by atoms with Gasteiger partial charge in [-0.2, -0.15) is 0 Å². The largest absolute Gasteiger partial charge is 0.380 e. The second-order valence-corrected chi connectivity index (χ2v) is 5.05. The van der Waals surface area contributed by atoms with Crippen LogP contribution in [0.25, 0.3) is 0 Å². The van der Waals surface area contributed by atoms with Gasteiger partial charge in [0.05, 0.1) is 19.2 Å². The lowest BCUT2D eigenvalue weighted by molar-refractivity contribution is 0.184. The molecule has 0 amide bonds. The summed E-state index contributed by atoms with van der Waals surface area (Å²) in [5.74, 6) is 0.568. The Labute approximate surface area is 124 Å². The van der Waals surface area contributed by atoms with Crippen LogP contribution in [0.4, 0.5) is 5.69 Å². The van der Waals surface area contributed by atoms with Crippen molar-refractivity contribution in [3.63, 3.8) is 0 Å². The minimum absolute atomic E-state index is 0.124. The van der Waals surface area contributed by atoms with Crippen LogP contribution in [0.2, 0.25) is 0 Å². The predicted molar refractivity (Wildman–Crippen MR) is 85.3 cm³/mol. The Bertz CT molecular complexity index is 639. The van der Waals surface area contributed by atoms with Gasteiger partial charge in [0.1, 0.15) is 0 Å². The molecule has 4 heteroatoms. The van der Waals surface area contributed by atoms with Crippen LogP contribution in [0.15, 0.2) is 59.6 Å². The number of rotatable bonds is 4. The number of para-hydroxylation sites is 1. The Morgan fingerprint density at radius 3 is 2.62 bits per heavy atom. The van der Waals surface area contributed by atoms with E-state index in [-0.39, 0.29) is 6.04 Å². The Hall–Kier alpha value is -2.33. The Morgan fingerprint density at radius 1 is 1.14 bits per heavy atom. The molecular formula is C17H19N3O. The standard InChI is InChI=1S/C17H19N3O/c1-21-12-13-7-5-6-10-15(13)16-11-19-17(18)20(16)14-8-3-2-4-9-14/h2-10,16H,11-12H2,1H3,(H2,18,19). The van der Waals surface area contributed by atoms with Crippen molar-refractivity contribution < 1.29 is 4.74 Å². The number of anilines is 1. The summed E-state index contributed by atoms with van der Waals surface area (Å²) in [5, 5.41) is 0. The third kappa shape index (κ3) is 2.62. The summed E-state index contributed by atoms with van der Waals surface area (Å²) in [7, 11) is 1.71. The quantitative estimate of drug-likeness (QED) is 0.937. The molecule has 2 aromatic rings. The number of guanidine groups is 1. The Morgan fingerprint density at radius 2 is 1.86 bits per heavy atom. The summed E-state index contributed by atoms with van der Waals surface area (Å²) in [6.45, 7) is 1.26. The average molecular weight is 281 g/mol. The Balaban J connectivity index is 1.99. The number of methoxy groups -OCH3 is 1. The van der Waals surface area contributed by atoms with Crippen molar-refractivity contribution in [1.29, 1.82) is 0 Å². The van der Waals surface area contributed by atoms with Gasteiger partial charge in [0.2, 0.25) is 0 Å². The number of nitrogens with two attached hydrogens (primary N) is 1. The summed E-state index contributed by atoms with van der Waals surface area (Å²) in [5.41, 5.74) is 9.56. The fourth-order valence-corrected chi connectivity index (χ4v) is 2.78. The van der Waals surface area contributed by atoms with E-state index in [1.165, 1.54) is 11.1 Å². The zero-order valence-electron chi connectivity index (χ0n) is 12.1. The van der Waals surface area contributed by atoms with E-state index in [2.05, 4.69) is 34.2 Å². The van der Waals surface area contributed by atoms with Crippen LogP contribution in [-0.4, -0.2) is 19.6 Å². The normalized spacial score (nSPS) is 17.9. The van der Waals surface area contributed by atoms with Gasteiger partial charge in [0.25, 0.3) is 0 Å². The minimum atomic E-state index is 0.124. The van der Waals surface area contributed by atoms with E-state index in [0.717, 1.165) is 5.69 Å². The van der Waals surface area contributed by atoms with Crippen molar-refractivity contribution in [2.45, 2.75) is 12.6 Å². The van der Waals surface area contributed by atoms with Gasteiger partial charge in [-0.15, -0.1) is 0 Å². The van der Waals surface area contributed by atoms with Crippen LogP contribution in [0.5, 0.6) is 0 Å². The van der Waals surface area contributed by atoms with Gasteiger partial charge in [-0.1, -0.05) is 42.5 Å². The molecule has 1 heterocycles. The van der Waals surface area contributed by atoms with Crippen molar-refractivity contribution in [2.24, 2.45) is 10.7 Å². The van der Waals surface area contributed by atoms with Gasteiger partial charge < -0.3 is 15.4 Å². The van der Waals surface area contributed by atoms with Crippen LogP contribution in [0.3, 0.4) is 0 Å². The summed E-state index contributed by atoms with van der Waals surface area (Å²) in [6, 6.07) is 18.6. The molecule has 1 atom stereocenters. The van der Waals surface area contributed by atoms with Crippen molar-refractivity contribution in [1.82, 2.24) is 0 Å². The lowest BCUT2D eigenvalue weighted by Crippen LogP contribution is -2.36. The first kappa shape index (κ1) is 13.6. The number of aliphatic imine (C=N–C) groups is 1. The zero-order chi connectivity index (χ0) is 14.7. The third-order valence-corrected chi connectivity index (χ3v) is 3.73. The number of hydrogen-bond acceptors (Lipinski definition) is 4. The molecule has 0 fully saturated rings. The molecular weight excluding hydrogens is 262 g/mol. The molecule has 0 spiro atoms. The lowest BCUT2D eigenvalue weighted by Gasteiger charge is -2.28. The van der Waals surface area contributed by atoms with Crippen LogP contribution in [0, 0.1) is 0 Å². The summed E-state index contributed by atoms with van der Waals surface area (Å²) in [4.78, 5) is 6.52. The number of hydrogen-bond donors (Lipinski definition) is 1. The maximum absolute atomic E-state index is 6.11. The fraction of sp³-hybridized carbons (Fsp3) is 0.235. The van der Waals surface area contributed by atoms with Crippen molar-refractivity contribution in [3.8, 4) is 0 Å². The molecule has 2 N–H and O–H groups in total. The molecule has 1 aliphatic rings. The smallest absolute Gasteiger partial charge is 0.196 e. The maximum Gasteiger partial charge on any atom is 0.196 e. The molecule has 0 saturated heterocycles. The van der Waals surface area contributed by atoms with E-state index >= 15 is 0 Å². The molecule has 4 nitrogen and oxygen atoms in total. The molecule has 1 unspecified atom stereocenters. The van der Waals surface area contributed by atoms with Crippen LogP contribution in [-0.2, 0) is 11.3 Å². The molecule has 0 bridgehead atoms. The first-order valence-corrected chi connectivity index (χ1v) is 7.02.